The number of ether oxygens (including phenoxy) is 1. The maximum absolute atomic E-state index is 11.5. The van der Waals surface area contributed by atoms with Gasteiger partial charge in [0, 0.05) is 24.8 Å². The Kier molecular flexibility index (Phi) is 7.11. The number of hydrogen-bond acceptors (Lipinski definition) is 4. The van der Waals surface area contributed by atoms with Gasteiger partial charge < -0.3 is 4.74 Å². The van der Waals surface area contributed by atoms with Crippen LogP contribution in [0.2, 0.25) is 0 Å². The van der Waals surface area contributed by atoms with Crippen LogP contribution in [0.3, 0.4) is 0 Å². The van der Waals surface area contributed by atoms with Gasteiger partial charge in [-0.2, -0.15) is 0 Å². The largest absolute Gasteiger partial charge is 0.493 e. The Bertz CT molecular complexity index is 598. The van der Waals surface area contributed by atoms with Crippen LogP contribution >= 0.6 is 0 Å². The fourth-order valence-corrected chi connectivity index (χ4v) is 4.17. The maximum Gasteiger partial charge on any atom is 0.175 e. The molecule has 1 fully saturated rings. The molecule has 136 valence electrons. The lowest BCUT2D eigenvalue weighted by Crippen LogP contribution is -2.43. The van der Waals surface area contributed by atoms with Gasteiger partial charge in [-0.3, -0.25) is 4.90 Å². The minimum Gasteiger partial charge on any atom is -0.493 e. The van der Waals surface area contributed by atoms with Crippen molar-refractivity contribution >= 4 is 9.84 Å². The van der Waals surface area contributed by atoms with Gasteiger partial charge in [0.05, 0.1) is 11.5 Å². The Hall–Kier alpha value is -1.07. The lowest BCUT2D eigenvalue weighted by Gasteiger charge is -2.38. The average molecular weight is 354 g/mol. The number of likely N-dealkylation sites (tertiary alicyclic amines) is 1. The summed E-state index contributed by atoms with van der Waals surface area (Å²) in [5.74, 6) is 1.30. The van der Waals surface area contributed by atoms with Crippen LogP contribution in [0.25, 0.3) is 0 Å². The molecule has 4 nitrogen and oxygen atoms in total. The van der Waals surface area contributed by atoms with Gasteiger partial charge in [0.15, 0.2) is 9.84 Å². The highest BCUT2D eigenvalue weighted by Gasteiger charge is 2.24. The quantitative estimate of drug-likeness (QED) is 0.714. The van der Waals surface area contributed by atoms with E-state index in [0.717, 1.165) is 12.3 Å². The third-order valence-corrected chi connectivity index (χ3v) is 6.03. The van der Waals surface area contributed by atoms with Gasteiger partial charge in [0.25, 0.3) is 0 Å². The summed E-state index contributed by atoms with van der Waals surface area (Å²) < 4.78 is 28.9. The number of nitrogens with zero attached hydrogens (tertiary/aromatic N) is 1. The molecule has 0 amide bonds. The molecular weight excluding hydrogens is 322 g/mol. The minimum atomic E-state index is -3.14. The number of piperidine rings is 1. The lowest BCUT2D eigenvalue weighted by molar-refractivity contribution is 0.0883. The predicted molar refractivity (Wildman–Crippen MR) is 98.3 cm³/mol. The second-order valence-electron chi connectivity index (χ2n) is 6.91. The third-order valence-electron chi connectivity index (χ3n) is 4.90. The van der Waals surface area contributed by atoms with E-state index < -0.39 is 9.84 Å². The molecule has 0 N–H and O–H groups in total. The van der Waals surface area contributed by atoms with Crippen molar-refractivity contribution in [2.45, 2.75) is 56.9 Å². The number of benzene rings is 1. The number of rotatable bonds is 8. The second kappa shape index (κ2) is 8.86. The summed E-state index contributed by atoms with van der Waals surface area (Å²) in [6.07, 6.45) is 7.40. The summed E-state index contributed by atoms with van der Waals surface area (Å²) in [7, 11) is -3.14. The SMILES string of the molecule is CCCC(CC)N1CCCC(COc2ccc(S(C)(=O)=O)cc2)C1. The predicted octanol–water partition coefficient (Wildman–Crippen LogP) is 3.76. The first-order valence-corrected chi connectivity index (χ1v) is 11.0. The van der Waals surface area contributed by atoms with Crippen molar-refractivity contribution < 1.29 is 13.2 Å². The summed E-state index contributed by atoms with van der Waals surface area (Å²) in [5, 5.41) is 0. The second-order valence-corrected chi connectivity index (χ2v) is 8.92. The van der Waals surface area contributed by atoms with Crippen LogP contribution in [0.1, 0.15) is 46.0 Å². The molecule has 0 spiro atoms. The molecule has 2 rings (SSSR count). The molecule has 1 aliphatic heterocycles. The summed E-state index contributed by atoms with van der Waals surface area (Å²) >= 11 is 0. The molecule has 2 unspecified atom stereocenters. The van der Waals surface area contributed by atoms with Crippen LogP contribution in [0.15, 0.2) is 29.2 Å². The third kappa shape index (κ3) is 5.49. The lowest BCUT2D eigenvalue weighted by atomic mass is 9.95. The van der Waals surface area contributed by atoms with E-state index in [9.17, 15) is 8.42 Å². The molecule has 1 aliphatic rings. The van der Waals surface area contributed by atoms with E-state index in [1.165, 1.54) is 44.9 Å². The van der Waals surface area contributed by atoms with E-state index >= 15 is 0 Å². The minimum absolute atomic E-state index is 0.337. The Balaban J connectivity index is 1.87. The molecule has 1 aromatic carbocycles. The first-order chi connectivity index (χ1) is 11.4. The maximum atomic E-state index is 11.5. The van der Waals surface area contributed by atoms with Gasteiger partial charge >= 0.3 is 0 Å². The molecule has 1 aromatic rings. The fourth-order valence-electron chi connectivity index (χ4n) is 3.54. The van der Waals surface area contributed by atoms with Crippen LogP contribution in [0, 0.1) is 5.92 Å². The smallest absolute Gasteiger partial charge is 0.175 e. The Morgan fingerprint density at radius 1 is 1.25 bits per heavy atom. The fraction of sp³-hybridized carbons (Fsp3) is 0.684. The Labute approximate surface area is 147 Å². The van der Waals surface area contributed by atoms with E-state index in [0.29, 0.717) is 23.5 Å². The van der Waals surface area contributed by atoms with Crippen molar-refractivity contribution in [1.82, 2.24) is 4.90 Å². The van der Waals surface area contributed by atoms with Crippen molar-refractivity contribution in [2.75, 3.05) is 26.0 Å². The molecule has 1 heterocycles. The van der Waals surface area contributed by atoms with E-state index in [1.807, 2.05) is 0 Å². The Morgan fingerprint density at radius 2 is 1.96 bits per heavy atom. The van der Waals surface area contributed by atoms with Gasteiger partial charge in [-0.25, -0.2) is 8.42 Å². The molecule has 1 saturated heterocycles. The van der Waals surface area contributed by atoms with E-state index in [-0.39, 0.29) is 0 Å². The van der Waals surface area contributed by atoms with Gasteiger partial charge in [0.2, 0.25) is 0 Å². The molecular formula is C19H31NO3S. The highest BCUT2D eigenvalue weighted by Crippen LogP contribution is 2.23. The summed E-state index contributed by atoms with van der Waals surface area (Å²) in [5.41, 5.74) is 0. The molecule has 0 aliphatic carbocycles. The topological polar surface area (TPSA) is 46.6 Å². The molecule has 0 aromatic heterocycles. The van der Waals surface area contributed by atoms with Crippen LogP contribution in [-0.4, -0.2) is 45.3 Å². The summed E-state index contributed by atoms with van der Waals surface area (Å²) in [4.78, 5) is 2.97. The van der Waals surface area contributed by atoms with Crippen LogP contribution in [0.5, 0.6) is 5.75 Å². The average Bonchev–Trinajstić information content (AvgIpc) is 2.57. The summed E-state index contributed by atoms with van der Waals surface area (Å²) in [6, 6.07) is 7.44. The highest BCUT2D eigenvalue weighted by atomic mass is 32.2. The molecule has 2 atom stereocenters. The van der Waals surface area contributed by atoms with Crippen molar-refractivity contribution in [3.8, 4) is 5.75 Å². The van der Waals surface area contributed by atoms with Gasteiger partial charge in [-0.1, -0.05) is 20.3 Å². The van der Waals surface area contributed by atoms with Crippen LogP contribution in [-0.2, 0) is 9.84 Å². The number of sulfone groups is 1. The number of hydrogen-bond donors (Lipinski definition) is 0. The summed E-state index contributed by atoms with van der Waals surface area (Å²) in [6.45, 7) is 7.56. The Morgan fingerprint density at radius 3 is 2.54 bits per heavy atom. The van der Waals surface area contributed by atoms with Gasteiger partial charge in [-0.05, 0) is 56.5 Å². The first kappa shape index (κ1) is 19.3. The van der Waals surface area contributed by atoms with Crippen molar-refractivity contribution in [1.29, 1.82) is 0 Å². The monoisotopic (exact) mass is 353 g/mol. The van der Waals surface area contributed by atoms with Crippen molar-refractivity contribution in [3.63, 3.8) is 0 Å². The molecule has 24 heavy (non-hydrogen) atoms. The standard InChI is InChI=1S/C19H31NO3S/c1-4-7-17(5-2)20-13-6-8-16(14-20)15-23-18-9-11-19(12-10-18)24(3,21)22/h9-12,16-17H,4-8,13-15H2,1-3H3. The first-order valence-electron chi connectivity index (χ1n) is 9.11. The highest BCUT2D eigenvalue weighted by molar-refractivity contribution is 7.90. The molecule has 0 radical (unpaired) electrons. The van der Waals surface area contributed by atoms with Gasteiger partial charge in [0.1, 0.15) is 5.75 Å². The van der Waals surface area contributed by atoms with E-state index in [2.05, 4.69) is 18.7 Å². The normalized spacial score (nSPS) is 20.7. The van der Waals surface area contributed by atoms with Gasteiger partial charge in [-0.15, -0.1) is 0 Å². The van der Waals surface area contributed by atoms with E-state index in [4.69, 9.17) is 4.74 Å². The van der Waals surface area contributed by atoms with Crippen LogP contribution < -0.4 is 4.74 Å². The van der Waals surface area contributed by atoms with Crippen molar-refractivity contribution in [2.24, 2.45) is 5.92 Å². The van der Waals surface area contributed by atoms with Crippen LogP contribution in [0.4, 0.5) is 0 Å². The van der Waals surface area contributed by atoms with Crippen molar-refractivity contribution in [3.05, 3.63) is 24.3 Å². The molecule has 0 bridgehead atoms. The molecule has 5 heteroatoms. The zero-order chi connectivity index (χ0) is 17.6. The molecule has 0 saturated carbocycles. The zero-order valence-electron chi connectivity index (χ0n) is 15.2. The zero-order valence-corrected chi connectivity index (χ0v) is 16.0. The van der Waals surface area contributed by atoms with E-state index in [1.54, 1.807) is 24.3 Å².